The third-order valence-electron chi connectivity index (χ3n) is 1.67. The number of hydrogen-bond acceptors (Lipinski definition) is 1. The van der Waals surface area contributed by atoms with Gasteiger partial charge in [0, 0.05) is 18.6 Å². The molecule has 4 heteroatoms. The molecular formula is C9H9Cl2NO. The fraction of sp³-hybridized carbons (Fsp3) is 0.222. The van der Waals surface area contributed by atoms with E-state index in [0.29, 0.717) is 11.6 Å². The minimum atomic E-state index is -0.486. The smallest absolute Gasteiger partial charge is 0.316 e. The monoisotopic (exact) mass is 217 g/mol. The Bertz CT molecular complexity index is 314. The zero-order valence-electron chi connectivity index (χ0n) is 7.13. The van der Waals surface area contributed by atoms with Gasteiger partial charge in [-0.3, -0.25) is 4.79 Å². The predicted molar refractivity (Wildman–Crippen MR) is 54.2 cm³/mol. The summed E-state index contributed by atoms with van der Waals surface area (Å²) in [6.45, 7) is 0.433. The topological polar surface area (TPSA) is 20.3 Å². The largest absolute Gasteiger partial charge is 0.328 e. The van der Waals surface area contributed by atoms with Crippen LogP contribution in [0.25, 0.3) is 0 Å². The Morgan fingerprint density at radius 3 is 2.62 bits per heavy atom. The predicted octanol–water partition coefficient (Wildman–Crippen LogP) is 3.13. The molecule has 0 saturated heterocycles. The van der Waals surface area contributed by atoms with Gasteiger partial charge in [0.2, 0.25) is 0 Å². The van der Waals surface area contributed by atoms with Crippen molar-refractivity contribution in [3.63, 3.8) is 0 Å². The van der Waals surface area contributed by atoms with Crippen molar-refractivity contribution in [3.05, 3.63) is 34.9 Å². The standard InChI is InChI=1S/C9H9Cl2NO/c1-12(9(11)13)6-7-4-2-3-5-8(7)10/h2-5H,6H2,1H3. The van der Waals surface area contributed by atoms with Gasteiger partial charge in [0.25, 0.3) is 0 Å². The Labute approximate surface area is 87.1 Å². The van der Waals surface area contributed by atoms with Gasteiger partial charge in [0.05, 0.1) is 0 Å². The Hall–Kier alpha value is -0.730. The molecule has 1 rings (SSSR count). The molecule has 1 aromatic carbocycles. The van der Waals surface area contributed by atoms with E-state index in [1.54, 1.807) is 13.1 Å². The number of hydrogen-bond donors (Lipinski definition) is 0. The number of rotatable bonds is 2. The Balaban J connectivity index is 2.74. The first-order valence-corrected chi connectivity index (χ1v) is 4.51. The number of nitrogens with zero attached hydrogens (tertiary/aromatic N) is 1. The molecule has 70 valence electrons. The molecule has 1 aromatic rings. The van der Waals surface area contributed by atoms with Crippen molar-refractivity contribution >= 4 is 28.6 Å². The maximum absolute atomic E-state index is 10.7. The van der Waals surface area contributed by atoms with Crippen LogP contribution in [0.5, 0.6) is 0 Å². The van der Waals surface area contributed by atoms with Gasteiger partial charge in [-0.25, -0.2) is 0 Å². The highest BCUT2D eigenvalue weighted by atomic mass is 35.5. The summed E-state index contributed by atoms with van der Waals surface area (Å²) in [6, 6.07) is 7.35. The normalized spacial score (nSPS) is 9.77. The van der Waals surface area contributed by atoms with E-state index in [4.69, 9.17) is 23.2 Å². The first kappa shape index (κ1) is 10.4. The molecular weight excluding hydrogens is 209 g/mol. The van der Waals surface area contributed by atoms with Crippen LogP contribution < -0.4 is 0 Å². The molecule has 0 N–H and O–H groups in total. The number of carbonyl (C=O) groups is 1. The van der Waals surface area contributed by atoms with E-state index in [1.807, 2.05) is 18.2 Å². The van der Waals surface area contributed by atoms with E-state index in [2.05, 4.69) is 0 Å². The number of carbonyl (C=O) groups excluding carboxylic acids is 1. The Morgan fingerprint density at radius 2 is 2.08 bits per heavy atom. The van der Waals surface area contributed by atoms with Crippen LogP contribution in [0.4, 0.5) is 4.79 Å². The van der Waals surface area contributed by atoms with Crippen LogP contribution in [0.15, 0.2) is 24.3 Å². The molecule has 0 spiro atoms. The van der Waals surface area contributed by atoms with Gasteiger partial charge >= 0.3 is 5.37 Å². The fourth-order valence-corrected chi connectivity index (χ4v) is 1.20. The Morgan fingerprint density at radius 1 is 1.46 bits per heavy atom. The quantitative estimate of drug-likeness (QED) is 0.551. The van der Waals surface area contributed by atoms with E-state index >= 15 is 0 Å². The van der Waals surface area contributed by atoms with Crippen LogP contribution in [0.2, 0.25) is 5.02 Å². The summed E-state index contributed by atoms with van der Waals surface area (Å²) in [6.07, 6.45) is 0. The van der Waals surface area contributed by atoms with E-state index in [0.717, 1.165) is 5.56 Å². The molecule has 0 fully saturated rings. The van der Waals surface area contributed by atoms with Gasteiger partial charge in [0.15, 0.2) is 0 Å². The minimum Gasteiger partial charge on any atom is -0.328 e. The highest BCUT2D eigenvalue weighted by molar-refractivity contribution is 6.62. The van der Waals surface area contributed by atoms with Crippen LogP contribution in [-0.2, 0) is 6.54 Å². The fourth-order valence-electron chi connectivity index (χ4n) is 0.944. The second kappa shape index (κ2) is 4.49. The summed E-state index contributed by atoms with van der Waals surface area (Å²) in [5.41, 5.74) is 0.890. The maximum Gasteiger partial charge on any atom is 0.316 e. The zero-order valence-corrected chi connectivity index (χ0v) is 8.64. The van der Waals surface area contributed by atoms with Gasteiger partial charge in [-0.2, -0.15) is 0 Å². The van der Waals surface area contributed by atoms with Gasteiger partial charge in [0.1, 0.15) is 0 Å². The average molecular weight is 218 g/mol. The lowest BCUT2D eigenvalue weighted by atomic mass is 10.2. The molecule has 0 saturated carbocycles. The van der Waals surface area contributed by atoms with Crippen LogP contribution in [0.1, 0.15) is 5.56 Å². The van der Waals surface area contributed by atoms with Gasteiger partial charge in [-0.1, -0.05) is 29.8 Å². The van der Waals surface area contributed by atoms with Crippen molar-refractivity contribution in [2.24, 2.45) is 0 Å². The van der Waals surface area contributed by atoms with Crippen LogP contribution in [-0.4, -0.2) is 17.3 Å². The molecule has 0 unspecified atom stereocenters. The second-order valence-corrected chi connectivity index (χ2v) is 3.43. The lowest BCUT2D eigenvalue weighted by molar-refractivity contribution is 0.230. The second-order valence-electron chi connectivity index (χ2n) is 2.70. The van der Waals surface area contributed by atoms with Crippen molar-refractivity contribution in [2.75, 3.05) is 7.05 Å². The molecule has 0 radical (unpaired) electrons. The maximum atomic E-state index is 10.7. The molecule has 0 atom stereocenters. The summed E-state index contributed by atoms with van der Waals surface area (Å²) in [7, 11) is 1.62. The van der Waals surface area contributed by atoms with Crippen molar-refractivity contribution in [2.45, 2.75) is 6.54 Å². The number of halogens is 2. The van der Waals surface area contributed by atoms with E-state index in [1.165, 1.54) is 4.90 Å². The third-order valence-corrected chi connectivity index (χ3v) is 2.32. The highest BCUT2D eigenvalue weighted by Gasteiger charge is 2.06. The molecule has 0 heterocycles. The summed E-state index contributed by atoms with van der Waals surface area (Å²) < 4.78 is 0. The van der Waals surface area contributed by atoms with Crippen LogP contribution >= 0.6 is 23.2 Å². The van der Waals surface area contributed by atoms with E-state index in [9.17, 15) is 4.79 Å². The van der Waals surface area contributed by atoms with Crippen LogP contribution in [0.3, 0.4) is 0 Å². The Kier molecular flexibility index (Phi) is 3.58. The zero-order chi connectivity index (χ0) is 9.84. The van der Waals surface area contributed by atoms with Gasteiger partial charge < -0.3 is 4.90 Å². The van der Waals surface area contributed by atoms with E-state index < -0.39 is 5.37 Å². The van der Waals surface area contributed by atoms with Crippen LogP contribution in [0, 0.1) is 0 Å². The lowest BCUT2D eigenvalue weighted by Crippen LogP contribution is -2.20. The first-order chi connectivity index (χ1) is 6.11. The number of amides is 1. The SMILES string of the molecule is CN(Cc1ccccc1Cl)C(=O)Cl. The summed E-state index contributed by atoms with van der Waals surface area (Å²) in [4.78, 5) is 12.1. The van der Waals surface area contributed by atoms with Crippen molar-refractivity contribution in [3.8, 4) is 0 Å². The van der Waals surface area contributed by atoms with Crippen molar-refractivity contribution in [1.29, 1.82) is 0 Å². The summed E-state index contributed by atoms with van der Waals surface area (Å²) in [5, 5.41) is 0.159. The average Bonchev–Trinajstić information content (AvgIpc) is 2.08. The molecule has 0 aliphatic heterocycles. The third kappa shape index (κ3) is 2.90. The molecule has 0 aliphatic carbocycles. The highest BCUT2D eigenvalue weighted by Crippen LogP contribution is 2.16. The minimum absolute atomic E-state index is 0.433. The van der Waals surface area contributed by atoms with E-state index in [-0.39, 0.29) is 0 Å². The summed E-state index contributed by atoms with van der Waals surface area (Å²) >= 11 is 11.2. The first-order valence-electron chi connectivity index (χ1n) is 3.75. The lowest BCUT2D eigenvalue weighted by Gasteiger charge is -2.13. The molecule has 1 amide bonds. The van der Waals surface area contributed by atoms with Gasteiger partial charge in [-0.15, -0.1) is 0 Å². The molecule has 0 aliphatic rings. The van der Waals surface area contributed by atoms with Crippen molar-refractivity contribution < 1.29 is 4.79 Å². The number of benzene rings is 1. The molecule has 2 nitrogen and oxygen atoms in total. The van der Waals surface area contributed by atoms with Gasteiger partial charge in [-0.05, 0) is 23.2 Å². The van der Waals surface area contributed by atoms with Crippen molar-refractivity contribution in [1.82, 2.24) is 4.90 Å². The molecule has 0 aromatic heterocycles. The molecule has 0 bridgehead atoms. The summed E-state index contributed by atoms with van der Waals surface area (Å²) in [5.74, 6) is 0. The molecule has 13 heavy (non-hydrogen) atoms.